The van der Waals surface area contributed by atoms with E-state index in [9.17, 15) is 9.59 Å². The number of aliphatic imine (C=N–C) groups is 1. The molecule has 0 radical (unpaired) electrons. The highest BCUT2D eigenvalue weighted by Crippen LogP contribution is 2.39. The van der Waals surface area contributed by atoms with Gasteiger partial charge in [0, 0.05) is 5.56 Å². The number of benzene rings is 2. The van der Waals surface area contributed by atoms with Crippen molar-refractivity contribution in [2.75, 3.05) is 18.5 Å². The molecule has 2 aromatic rings. The first-order valence-corrected chi connectivity index (χ1v) is 11.0. The number of para-hydroxylation sites is 2. The number of aryl methyl sites for hydroxylation is 1. The molecule has 0 saturated heterocycles. The summed E-state index contributed by atoms with van der Waals surface area (Å²) in [6, 6.07) is 15.2. The van der Waals surface area contributed by atoms with Crippen LogP contribution in [0.4, 0.5) is 5.69 Å². The van der Waals surface area contributed by atoms with E-state index in [1.54, 1.807) is 11.0 Å². The molecule has 1 N–H and O–H groups in total. The van der Waals surface area contributed by atoms with Crippen molar-refractivity contribution in [3.05, 3.63) is 59.7 Å². The van der Waals surface area contributed by atoms with Crippen molar-refractivity contribution in [2.45, 2.75) is 51.6 Å². The van der Waals surface area contributed by atoms with Crippen molar-refractivity contribution in [1.29, 1.82) is 0 Å². The largest absolute Gasteiger partial charge is 0.492 e. The number of carbonyl (C=O) groups is 2. The van der Waals surface area contributed by atoms with E-state index >= 15 is 0 Å². The van der Waals surface area contributed by atoms with Crippen molar-refractivity contribution in [3.63, 3.8) is 0 Å². The van der Waals surface area contributed by atoms with Gasteiger partial charge < -0.3 is 15.0 Å². The number of ether oxygens (including phenoxy) is 1. The molecule has 2 aliphatic rings. The number of hydrogen-bond acceptors (Lipinski definition) is 4. The first-order chi connectivity index (χ1) is 15.0. The molecule has 6 heteroatoms. The number of nitrogens with zero attached hydrogens (tertiary/aromatic N) is 2. The first kappa shape index (κ1) is 21.1. The van der Waals surface area contributed by atoms with Gasteiger partial charge in [-0.1, -0.05) is 48.4 Å². The molecule has 0 aromatic heterocycles. The van der Waals surface area contributed by atoms with Gasteiger partial charge in [-0.2, -0.15) is 0 Å². The number of amides is 2. The van der Waals surface area contributed by atoms with Crippen LogP contribution in [0, 0.1) is 6.92 Å². The van der Waals surface area contributed by atoms with Crippen molar-refractivity contribution in [1.82, 2.24) is 4.90 Å². The summed E-state index contributed by atoms with van der Waals surface area (Å²) in [5.41, 5.74) is 2.39. The Labute approximate surface area is 183 Å². The second-order valence-corrected chi connectivity index (χ2v) is 8.24. The van der Waals surface area contributed by atoms with Gasteiger partial charge in [-0.3, -0.25) is 14.6 Å². The second kappa shape index (κ2) is 8.92. The minimum atomic E-state index is -0.619. The Morgan fingerprint density at radius 3 is 2.52 bits per heavy atom. The number of nitrogens with one attached hydrogen (secondary N) is 1. The normalized spacial score (nSPS) is 17.5. The summed E-state index contributed by atoms with van der Waals surface area (Å²) in [6.07, 6.45) is 4.72. The molecule has 31 heavy (non-hydrogen) atoms. The molecule has 0 bridgehead atoms. The van der Waals surface area contributed by atoms with Crippen LogP contribution in [0.5, 0.6) is 5.75 Å². The molecular weight excluding hydrogens is 390 g/mol. The molecule has 1 saturated carbocycles. The van der Waals surface area contributed by atoms with Crippen LogP contribution in [0.15, 0.2) is 53.5 Å². The lowest BCUT2D eigenvalue weighted by Crippen LogP contribution is -2.51. The van der Waals surface area contributed by atoms with Gasteiger partial charge in [0.2, 0.25) is 5.91 Å². The van der Waals surface area contributed by atoms with Crippen LogP contribution in [0.25, 0.3) is 0 Å². The third-order valence-corrected chi connectivity index (χ3v) is 6.01. The van der Waals surface area contributed by atoms with E-state index in [0.717, 1.165) is 43.2 Å². The lowest BCUT2D eigenvalue weighted by Gasteiger charge is -2.38. The maximum atomic E-state index is 13.4. The van der Waals surface area contributed by atoms with Crippen LogP contribution in [0.3, 0.4) is 0 Å². The molecule has 1 spiro atoms. The average Bonchev–Trinajstić information content (AvgIpc) is 3.02. The van der Waals surface area contributed by atoms with Gasteiger partial charge in [-0.15, -0.1) is 0 Å². The highest BCUT2D eigenvalue weighted by Gasteiger charge is 2.48. The van der Waals surface area contributed by atoms with Gasteiger partial charge >= 0.3 is 0 Å². The molecule has 162 valence electrons. The topological polar surface area (TPSA) is 71.0 Å². The quantitative estimate of drug-likeness (QED) is 0.758. The highest BCUT2D eigenvalue weighted by molar-refractivity contribution is 6.47. The smallest absolute Gasteiger partial charge is 0.275 e. The van der Waals surface area contributed by atoms with Gasteiger partial charge in [0.1, 0.15) is 23.7 Å². The van der Waals surface area contributed by atoms with E-state index in [1.165, 1.54) is 0 Å². The van der Waals surface area contributed by atoms with Crippen LogP contribution >= 0.6 is 0 Å². The van der Waals surface area contributed by atoms with E-state index in [1.807, 2.05) is 56.3 Å². The minimum absolute atomic E-state index is 0.0296. The summed E-state index contributed by atoms with van der Waals surface area (Å²) < 4.78 is 5.61. The zero-order valence-electron chi connectivity index (χ0n) is 18.2. The van der Waals surface area contributed by atoms with Crippen LogP contribution in [0.2, 0.25) is 0 Å². The third-order valence-electron chi connectivity index (χ3n) is 6.01. The van der Waals surface area contributed by atoms with Gasteiger partial charge in [0.05, 0.1) is 12.3 Å². The van der Waals surface area contributed by atoms with E-state index < -0.39 is 5.66 Å². The van der Waals surface area contributed by atoms with E-state index in [0.29, 0.717) is 23.8 Å². The molecule has 0 unspecified atom stereocenters. The molecule has 1 aliphatic heterocycles. The maximum Gasteiger partial charge on any atom is 0.275 e. The summed E-state index contributed by atoms with van der Waals surface area (Å²) in [4.78, 5) is 33.0. The van der Waals surface area contributed by atoms with Gasteiger partial charge in [0.25, 0.3) is 5.91 Å². The predicted molar refractivity (Wildman–Crippen MR) is 121 cm³/mol. The lowest BCUT2D eigenvalue weighted by atomic mass is 9.88. The molecular formula is C25H29N3O3. The molecule has 1 aliphatic carbocycles. The van der Waals surface area contributed by atoms with Gasteiger partial charge in [-0.25, -0.2) is 0 Å². The Balaban J connectivity index is 1.57. The third kappa shape index (κ3) is 4.33. The lowest BCUT2D eigenvalue weighted by molar-refractivity contribution is -0.134. The summed E-state index contributed by atoms with van der Waals surface area (Å²) in [7, 11) is 0. The predicted octanol–water partition coefficient (Wildman–Crippen LogP) is 4.32. The summed E-state index contributed by atoms with van der Waals surface area (Å²) in [5.74, 6) is 0.208. The number of anilines is 1. The monoisotopic (exact) mass is 419 g/mol. The second-order valence-electron chi connectivity index (χ2n) is 8.24. The molecule has 1 fully saturated rings. The fourth-order valence-corrected chi connectivity index (χ4v) is 4.44. The van der Waals surface area contributed by atoms with E-state index in [-0.39, 0.29) is 18.4 Å². The Morgan fingerprint density at radius 2 is 1.81 bits per heavy atom. The summed E-state index contributed by atoms with van der Waals surface area (Å²) >= 11 is 0. The van der Waals surface area contributed by atoms with E-state index in [2.05, 4.69) is 5.32 Å². The first-order valence-electron chi connectivity index (χ1n) is 11.0. The van der Waals surface area contributed by atoms with Crippen LogP contribution < -0.4 is 10.1 Å². The average molecular weight is 420 g/mol. The van der Waals surface area contributed by atoms with Crippen molar-refractivity contribution in [2.24, 2.45) is 4.99 Å². The number of hydrogen-bond donors (Lipinski definition) is 1. The maximum absolute atomic E-state index is 13.4. The molecule has 2 aromatic carbocycles. The Kier molecular flexibility index (Phi) is 6.07. The molecule has 6 nitrogen and oxygen atoms in total. The fourth-order valence-electron chi connectivity index (χ4n) is 4.44. The van der Waals surface area contributed by atoms with Gasteiger partial charge in [0.15, 0.2) is 0 Å². The highest BCUT2D eigenvalue weighted by atomic mass is 16.5. The molecule has 2 amide bonds. The number of rotatable bonds is 6. The molecule has 0 atom stereocenters. The fraction of sp³-hybridized carbons (Fsp3) is 0.400. The van der Waals surface area contributed by atoms with E-state index in [4.69, 9.17) is 9.73 Å². The van der Waals surface area contributed by atoms with Crippen molar-refractivity contribution in [3.8, 4) is 5.75 Å². The van der Waals surface area contributed by atoms with Crippen LogP contribution in [-0.2, 0) is 9.59 Å². The standard InChI is InChI=1S/C25H29N3O3/c1-3-31-21-10-6-5-9-20(21)26-22(29)17-28-24(30)23(19-13-11-18(2)12-14-19)27-25(28)15-7-4-8-16-25/h5-6,9-14H,3-4,7-8,15-17H2,1-2H3,(H,26,29). The van der Waals surface area contributed by atoms with Crippen molar-refractivity contribution < 1.29 is 14.3 Å². The summed E-state index contributed by atoms with van der Waals surface area (Å²) in [6.45, 7) is 4.40. The Hall–Kier alpha value is -3.15. The van der Waals surface area contributed by atoms with Crippen molar-refractivity contribution >= 4 is 23.2 Å². The molecule has 1 heterocycles. The van der Waals surface area contributed by atoms with Gasteiger partial charge in [-0.05, 0) is 51.7 Å². The van der Waals surface area contributed by atoms with Crippen LogP contribution in [0.1, 0.15) is 50.2 Å². The summed E-state index contributed by atoms with van der Waals surface area (Å²) in [5, 5.41) is 2.92. The Bertz CT molecular complexity index is 991. The molecule has 4 rings (SSSR count). The number of carbonyl (C=O) groups excluding carboxylic acids is 2. The minimum Gasteiger partial charge on any atom is -0.492 e. The Morgan fingerprint density at radius 1 is 1.10 bits per heavy atom. The zero-order chi connectivity index (χ0) is 21.8. The SMILES string of the molecule is CCOc1ccccc1NC(=O)CN1C(=O)C(c2ccc(C)cc2)=NC12CCCCC2. The zero-order valence-corrected chi connectivity index (χ0v) is 18.2. The van der Waals surface area contributed by atoms with Crippen LogP contribution in [-0.4, -0.2) is 41.2 Å².